The Hall–Kier alpha value is -1.45. The first-order valence-corrected chi connectivity index (χ1v) is 7.61. The molecule has 0 spiro atoms. The van der Waals surface area contributed by atoms with Gasteiger partial charge in [-0.2, -0.15) is 0 Å². The largest absolute Gasteiger partial charge is 0.350 e. The van der Waals surface area contributed by atoms with Crippen LogP contribution in [0.5, 0.6) is 0 Å². The summed E-state index contributed by atoms with van der Waals surface area (Å²) in [7, 11) is -3.32. The third kappa shape index (κ3) is 5.37. The van der Waals surface area contributed by atoms with Crippen molar-refractivity contribution in [2.24, 2.45) is 5.73 Å². The number of imidazole rings is 1. The van der Waals surface area contributed by atoms with Crippen molar-refractivity contribution in [3.05, 3.63) is 18.2 Å². The minimum atomic E-state index is -3.32. The second-order valence-electron chi connectivity index (χ2n) is 3.86. The van der Waals surface area contributed by atoms with Crippen LogP contribution in [0.2, 0.25) is 0 Å². The van der Waals surface area contributed by atoms with Gasteiger partial charge >= 0.3 is 0 Å². The molecule has 108 valence electrons. The van der Waals surface area contributed by atoms with Crippen LogP contribution in [0.4, 0.5) is 0 Å². The van der Waals surface area contributed by atoms with Crippen LogP contribution in [0.25, 0.3) is 0 Å². The smallest absolute Gasteiger partial charge is 0.271 e. The van der Waals surface area contributed by atoms with E-state index in [2.05, 4.69) is 15.0 Å². The maximum absolute atomic E-state index is 11.7. The monoisotopic (exact) mass is 289 g/mol. The van der Waals surface area contributed by atoms with Gasteiger partial charge in [-0.25, -0.2) is 18.1 Å². The lowest BCUT2D eigenvalue weighted by Gasteiger charge is -2.05. The maximum Gasteiger partial charge on any atom is 0.271 e. The minimum Gasteiger partial charge on any atom is -0.350 e. The van der Waals surface area contributed by atoms with Gasteiger partial charge in [-0.1, -0.05) is 6.92 Å². The topological polar surface area (TPSA) is 119 Å². The molecule has 0 aliphatic heterocycles. The SMILES string of the molecule is CCNS(=O)(=O)CCNC(=O)c1cn(CCN)cn1. The summed E-state index contributed by atoms with van der Waals surface area (Å²) in [6, 6.07) is 0. The minimum absolute atomic E-state index is 0.0396. The van der Waals surface area contributed by atoms with Crippen LogP contribution in [0.15, 0.2) is 12.5 Å². The Morgan fingerprint density at radius 1 is 1.53 bits per heavy atom. The standard InChI is InChI=1S/C10H19N5O3S/c1-2-14-19(17,18)6-4-12-10(16)9-7-15(5-3-11)8-13-9/h7-8,14H,2-6,11H2,1H3,(H,12,16). The van der Waals surface area contributed by atoms with Gasteiger partial charge < -0.3 is 15.6 Å². The Morgan fingerprint density at radius 2 is 2.26 bits per heavy atom. The number of hydrogen-bond donors (Lipinski definition) is 3. The number of nitrogens with two attached hydrogens (primary N) is 1. The molecule has 9 heteroatoms. The number of aromatic nitrogens is 2. The molecule has 0 saturated heterocycles. The lowest BCUT2D eigenvalue weighted by Crippen LogP contribution is -2.34. The van der Waals surface area contributed by atoms with E-state index in [-0.39, 0.29) is 18.0 Å². The van der Waals surface area contributed by atoms with Crippen molar-refractivity contribution in [1.82, 2.24) is 19.6 Å². The summed E-state index contributed by atoms with van der Waals surface area (Å²) in [4.78, 5) is 15.6. The fourth-order valence-electron chi connectivity index (χ4n) is 1.43. The molecule has 1 aromatic heterocycles. The van der Waals surface area contributed by atoms with Crippen LogP contribution < -0.4 is 15.8 Å². The van der Waals surface area contributed by atoms with Gasteiger partial charge in [0, 0.05) is 32.4 Å². The number of nitrogens with zero attached hydrogens (tertiary/aromatic N) is 2. The molecular weight excluding hydrogens is 270 g/mol. The molecule has 0 aromatic carbocycles. The highest BCUT2D eigenvalue weighted by Gasteiger charge is 2.12. The fraction of sp³-hybridized carbons (Fsp3) is 0.600. The van der Waals surface area contributed by atoms with Crippen LogP contribution in [0.3, 0.4) is 0 Å². The lowest BCUT2D eigenvalue weighted by molar-refractivity contribution is 0.0951. The summed E-state index contributed by atoms with van der Waals surface area (Å²) < 4.78 is 26.7. The highest BCUT2D eigenvalue weighted by atomic mass is 32.2. The highest BCUT2D eigenvalue weighted by Crippen LogP contribution is 1.95. The van der Waals surface area contributed by atoms with Crippen molar-refractivity contribution in [2.75, 3.05) is 25.4 Å². The van der Waals surface area contributed by atoms with Crippen molar-refractivity contribution >= 4 is 15.9 Å². The molecule has 0 bridgehead atoms. The van der Waals surface area contributed by atoms with Gasteiger partial charge in [0.2, 0.25) is 10.0 Å². The predicted octanol–water partition coefficient (Wildman–Crippen LogP) is -1.49. The summed E-state index contributed by atoms with van der Waals surface area (Å²) in [5.74, 6) is -0.557. The van der Waals surface area contributed by atoms with Gasteiger partial charge in [-0.15, -0.1) is 0 Å². The molecule has 1 rings (SSSR count). The van der Waals surface area contributed by atoms with Crippen molar-refractivity contribution in [3.63, 3.8) is 0 Å². The molecule has 0 radical (unpaired) electrons. The average molecular weight is 289 g/mol. The lowest BCUT2D eigenvalue weighted by atomic mass is 10.4. The summed E-state index contributed by atoms with van der Waals surface area (Å²) in [6.45, 7) is 3.10. The van der Waals surface area contributed by atoms with E-state index in [1.54, 1.807) is 17.7 Å². The number of carbonyl (C=O) groups excluding carboxylic acids is 1. The molecule has 0 aliphatic carbocycles. The Bertz CT molecular complexity index is 511. The van der Waals surface area contributed by atoms with Crippen molar-refractivity contribution < 1.29 is 13.2 Å². The first kappa shape index (κ1) is 15.6. The Kier molecular flexibility index (Phi) is 5.93. The molecule has 0 atom stereocenters. The summed E-state index contributed by atoms with van der Waals surface area (Å²) in [5, 5.41) is 2.50. The number of hydrogen-bond acceptors (Lipinski definition) is 5. The zero-order chi connectivity index (χ0) is 14.3. The molecule has 1 aromatic rings. The molecule has 4 N–H and O–H groups in total. The van der Waals surface area contributed by atoms with Crippen LogP contribution in [0.1, 0.15) is 17.4 Å². The van der Waals surface area contributed by atoms with Gasteiger partial charge in [0.15, 0.2) is 0 Å². The van der Waals surface area contributed by atoms with Crippen molar-refractivity contribution in [1.29, 1.82) is 0 Å². The average Bonchev–Trinajstić information content (AvgIpc) is 2.77. The Morgan fingerprint density at radius 3 is 2.89 bits per heavy atom. The van der Waals surface area contributed by atoms with Gasteiger partial charge in [0.25, 0.3) is 5.91 Å². The fourth-order valence-corrected chi connectivity index (χ4v) is 2.39. The summed E-state index contributed by atoms with van der Waals surface area (Å²) >= 11 is 0. The Balaban J connectivity index is 2.42. The first-order valence-electron chi connectivity index (χ1n) is 5.96. The van der Waals surface area contributed by atoms with Crippen LogP contribution in [-0.2, 0) is 16.6 Å². The van der Waals surface area contributed by atoms with E-state index < -0.39 is 15.9 Å². The van der Waals surface area contributed by atoms with E-state index in [4.69, 9.17) is 5.73 Å². The van der Waals surface area contributed by atoms with E-state index in [1.165, 1.54) is 6.33 Å². The van der Waals surface area contributed by atoms with E-state index in [9.17, 15) is 13.2 Å². The molecule has 1 heterocycles. The number of sulfonamides is 1. The third-order valence-electron chi connectivity index (χ3n) is 2.27. The van der Waals surface area contributed by atoms with Crippen molar-refractivity contribution in [2.45, 2.75) is 13.5 Å². The van der Waals surface area contributed by atoms with Gasteiger partial charge in [-0.3, -0.25) is 4.79 Å². The van der Waals surface area contributed by atoms with Gasteiger partial charge in [0.1, 0.15) is 5.69 Å². The third-order valence-corrected chi connectivity index (χ3v) is 3.74. The van der Waals surface area contributed by atoms with E-state index in [1.807, 2.05) is 0 Å². The van der Waals surface area contributed by atoms with E-state index in [0.29, 0.717) is 19.6 Å². The zero-order valence-corrected chi connectivity index (χ0v) is 11.6. The molecule has 0 saturated carbocycles. The number of rotatable bonds is 8. The second-order valence-corrected chi connectivity index (χ2v) is 5.78. The Labute approximate surface area is 112 Å². The molecule has 0 fully saturated rings. The zero-order valence-electron chi connectivity index (χ0n) is 10.8. The van der Waals surface area contributed by atoms with E-state index >= 15 is 0 Å². The summed E-state index contributed by atoms with van der Waals surface area (Å²) in [6.07, 6.45) is 3.08. The highest BCUT2D eigenvalue weighted by molar-refractivity contribution is 7.89. The molecule has 0 unspecified atom stereocenters. The normalized spacial score (nSPS) is 11.5. The van der Waals surface area contributed by atoms with Crippen LogP contribution in [0, 0.1) is 0 Å². The van der Waals surface area contributed by atoms with Crippen LogP contribution in [-0.4, -0.2) is 49.3 Å². The van der Waals surface area contributed by atoms with Crippen molar-refractivity contribution in [3.8, 4) is 0 Å². The van der Waals surface area contributed by atoms with E-state index in [0.717, 1.165) is 0 Å². The second kappa shape index (κ2) is 7.22. The molecule has 8 nitrogen and oxygen atoms in total. The molecule has 0 aliphatic rings. The predicted molar refractivity (Wildman–Crippen MR) is 71.1 cm³/mol. The number of carbonyl (C=O) groups is 1. The number of nitrogens with one attached hydrogen (secondary N) is 2. The number of amides is 1. The van der Waals surface area contributed by atoms with Gasteiger partial charge in [-0.05, 0) is 0 Å². The molecular formula is C10H19N5O3S. The van der Waals surface area contributed by atoms with Gasteiger partial charge in [0.05, 0.1) is 12.1 Å². The quantitative estimate of drug-likeness (QED) is 0.539. The van der Waals surface area contributed by atoms with Crippen LogP contribution >= 0.6 is 0 Å². The molecule has 1 amide bonds. The first-order chi connectivity index (χ1) is 8.98. The summed E-state index contributed by atoms with van der Waals surface area (Å²) in [5.41, 5.74) is 5.62. The maximum atomic E-state index is 11.7. The molecule has 19 heavy (non-hydrogen) atoms.